The predicted octanol–water partition coefficient (Wildman–Crippen LogP) is 3.50. The van der Waals surface area contributed by atoms with E-state index in [2.05, 4.69) is 25.5 Å². The number of nitrogens with one attached hydrogen (secondary N) is 2. The lowest BCUT2D eigenvalue weighted by molar-refractivity contribution is 0.102. The first kappa shape index (κ1) is 23.2. The molecule has 6 rings (SSSR count). The molecule has 36 heavy (non-hydrogen) atoms. The second-order valence-corrected chi connectivity index (χ2v) is 11.0. The summed E-state index contributed by atoms with van der Waals surface area (Å²) >= 11 is 1.31. The molecule has 3 saturated heterocycles. The Kier molecular flexibility index (Phi) is 6.00. The Bertz CT molecular complexity index is 1210. The highest BCUT2D eigenvalue weighted by Crippen LogP contribution is 2.41. The number of hydrogen-bond donors (Lipinski definition) is 2. The number of carbonyl (C=O) groups excluding carboxylic acids is 2. The smallest absolute Gasteiger partial charge is 0.327 e. The van der Waals surface area contributed by atoms with Crippen molar-refractivity contribution in [1.29, 1.82) is 0 Å². The SMILES string of the molecule is CN1C(=O)N(c2nc(C(=O)Nc3cnccc3N3CCC4(CCNCC4)CC3)cs2)C2C=CC=CC21. The molecule has 4 aliphatic rings. The zero-order valence-corrected chi connectivity index (χ0v) is 21.2. The molecular weight excluding hydrogens is 474 g/mol. The number of fused-ring (bicyclic) bond motifs is 1. The van der Waals surface area contributed by atoms with Crippen LogP contribution in [0.15, 0.2) is 48.1 Å². The van der Waals surface area contributed by atoms with E-state index in [0.29, 0.717) is 21.9 Å². The monoisotopic (exact) mass is 505 g/mol. The third-order valence-corrected chi connectivity index (χ3v) is 8.98. The number of likely N-dealkylation sites (N-methyl/N-ethyl adjacent to an activating group) is 1. The Labute approximate surface area is 214 Å². The fraction of sp³-hybridized carbons (Fsp3) is 0.462. The van der Waals surface area contributed by atoms with Gasteiger partial charge in [0.25, 0.3) is 5.91 Å². The molecule has 0 saturated carbocycles. The van der Waals surface area contributed by atoms with Crippen molar-refractivity contribution in [3.8, 4) is 0 Å². The summed E-state index contributed by atoms with van der Waals surface area (Å²) < 4.78 is 0. The molecule has 3 aliphatic heterocycles. The number of hydrogen-bond acceptors (Lipinski definition) is 7. The minimum Gasteiger partial charge on any atom is -0.370 e. The van der Waals surface area contributed by atoms with Crippen LogP contribution < -0.4 is 20.4 Å². The third kappa shape index (κ3) is 4.08. The maximum atomic E-state index is 13.2. The van der Waals surface area contributed by atoms with Gasteiger partial charge in [-0.05, 0) is 50.3 Å². The predicted molar refractivity (Wildman–Crippen MR) is 142 cm³/mol. The van der Waals surface area contributed by atoms with E-state index >= 15 is 0 Å². The van der Waals surface area contributed by atoms with E-state index in [9.17, 15) is 9.59 Å². The molecule has 1 aliphatic carbocycles. The number of urea groups is 1. The van der Waals surface area contributed by atoms with E-state index in [0.717, 1.165) is 31.9 Å². The van der Waals surface area contributed by atoms with Gasteiger partial charge in [0.2, 0.25) is 0 Å². The summed E-state index contributed by atoms with van der Waals surface area (Å²) in [5.74, 6) is -0.297. The average Bonchev–Trinajstić information content (AvgIpc) is 3.49. The lowest BCUT2D eigenvalue weighted by atomic mass is 9.71. The van der Waals surface area contributed by atoms with Crippen LogP contribution in [0.25, 0.3) is 0 Å². The maximum Gasteiger partial charge on any atom is 0.327 e. The minimum atomic E-state index is -0.297. The fourth-order valence-corrected chi connectivity index (χ4v) is 6.76. The van der Waals surface area contributed by atoms with Crippen LogP contribution in [0.4, 0.5) is 21.3 Å². The summed E-state index contributed by atoms with van der Waals surface area (Å²) in [4.78, 5) is 40.6. The van der Waals surface area contributed by atoms with Crippen LogP contribution in [0.3, 0.4) is 0 Å². The summed E-state index contributed by atoms with van der Waals surface area (Å²) in [5, 5.41) is 8.75. The largest absolute Gasteiger partial charge is 0.370 e. The summed E-state index contributed by atoms with van der Waals surface area (Å²) in [6, 6.07) is 1.70. The Hall–Kier alpha value is -3.24. The molecule has 2 atom stereocenters. The molecule has 3 amide bonds. The van der Waals surface area contributed by atoms with E-state index in [1.54, 1.807) is 34.6 Å². The van der Waals surface area contributed by atoms with Crippen LogP contribution in [0.5, 0.6) is 0 Å². The van der Waals surface area contributed by atoms with Crippen LogP contribution in [-0.4, -0.2) is 72.1 Å². The minimum absolute atomic E-state index is 0.0322. The third-order valence-electron chi connectivity index (χ3n) is 8.14. The number of aromatic nitrogens is 2. The molecule has 2 aromatic heterocycles. The molecule has 5 heterocycles. The molecule has 188 valence electrons. The highest BCUT2D eigenvalue weighted by atomic mass is 32.1. The molecule has 0 aromatic carbocycles. The first-order valence-corrected chi connectivity index (χ1v) is 13.5. The molecule has 1 spiro atoms. The van der Waals surface area contributed by atoms with Crippen LogP contribution in [0, 0.1) is 5.41 Å². The molecule has 3 fully saturated rings. The van der Waals surface area contributed by atoms with E-state index < -0.39 is 0 Å². The quantitative estimate of drug-likeness (QED) is 0.661. The highest BCUT2D eigenvalue weighted by molar-refractivity contribution is 7.14. The van der Waals surface area contributed by atoms with Crippen LogP contribution in [0.2, 0.25) is 0 Å². The lowest BCUT2D eigenvalue weighted by Crippen LogP contribution is -2.45. The number of carbonyl (C=O) groups is 2. The van der Waals surface area contributed by atoms with E-state index in [-0.39, 0.29) is 24.0 Å². The van der Waals surface area contributed by atoms with Gasteiger partial charge in [-0.25, -0.2) is 9.78 Å². The summed E-state index contributed by atoms with van der Waals surface area (Å²) in [5.41, 5.74) is 2.44. The van der Waals surface area contributed by atoms with Crippen molar-refractivity contribution in [1.82, 2.24) is 20.2 Å². The number of piperidine rings is 2. The summed E-state index contributed by atoms with van der Waals surface area (Å²) in [6.07, 6.45) is 16.2. The summed E-state index contributed by atoms with van der Waals surface area (Å²) in [7, 11) is 1.79. The molecule has 9 nitrogen and oxygen atoms in total. The zero-order chi connectivity index (χ0) is 24.7. The number of pyridine rings is 1. The van der Waals surface area contributed by atoms with Crippen LogP contribution in [-0.2, 0) is 0 Å². The van der Waals surface area contributed by atoms with Crippen LogP contribution in [0.1, 0.15) is 36.2 Å². The van der Waals surface area contributed by atoms with E-state index in [1.165, 1.54) is 37.0 Å². The van der Waals surface area contributed by atoms with Crippen molar-refractivity contribution < 1.29 is 9.59 Å². The zero-order valence-electron chi connectivity index (χ0n) is 20.4. The second kappa shape index (κ2) is 9.33. The Balaban J connectivity index is 1.16. The van der Waals surface area contributed by atoms with Crippen LogP contribution >= 0.6 is 11.3 Å². The Morgan fingerprint density at radius 3 is 2.67 bits per heavy atom. The van der Waals surface area contributed by atoms with Crippen molar-refractivity contribution in [3.05, 3.63) is 53.8 Å². The van der Waals surface area contributed by atoms with Gasteiger partial charge in [0.15, 0.2) is 5.13 Å². The number of allylic oxidation sites excluding steroid dienone is 2. The number of rotatable bonds is 4. The number of anilines is 3. The van der Waals surface area contributed by atoms with Gasteiger partial charge in [-0.15, -0.1) is 11.3 Å². The molecular formula is C26H31N7O2S. The molecule has 10 heteroatoms. The number of amides is 3. The average molecular weight is 506 g/mol. The molecule has 0 radical (unpaired) electrons. The topological polar surface area (TPSA) is 93.7 Å². The van der Waals surface area contributed by atoms with Crippen molar-refractivity contribution in [3.63, 3.8) is 0 Å². The molecule has 2 unspecified atom stereocenters. The first-order valence-electron chi connectivity index (χ1n) is 12.6. The van der Waals surface area contributed by atoms with Crippen molar-refractivity contribution in [2.75, 3.05) is 48.3 Å². The van der Waals surface area contributed by atoms with Gasteiger partial charge in [-0.3, -0.25) is 14.7 Å². The van der Waals surface area contributed by atoms with Gasteiger partial charge in [0.05, 0.1) is 29.7 Å². The first-order chi connectivity index (χ1) is 17.5. The van der Waals surface area contributed by atoms with Gasteiger partial charge in [0, 0.05) is 31.7 Å². The van der Waals surface area contributed by atoms with Gasteiger partial charge < -0.3 is 20.4 Å². The Morgan fingerprint density at radius 2 is 1.89 bits per heavy atom. The van der Waals surface area contributed by atoms with Crippen molar-refractivity contribution >= 4 is 39.8 Å². The summed E-state index contributed by atoms with van der Waals surface area (Å²) in [6.45, 7) is 4.17. The van der Waals surface area contributed by atoms with Gasteiger partial charge in [-0.2, -0.15) is 0 Å². The number of nitrogens with zero attached hydrogens (tertiary/aromatic N) is 5. The molecule has 2 aromatic rings. The van der Waals surface area contributed by atoms with Crippen molar-refractivity contribution in [2.24, 2.45) is 5.41 Å². The fourth-order valence-electron chi connectivity index (χ4n) is 5.92. The Morgan fingerprint density at radius 1 is 1.14 bits per heavy atom. The van der Waals surface area contributed by atoms with E-state index in [1.807, 2.05) is 30.4 Å². The number of thiazole rings is 1. The van der Waals surface area contributed by atoms with Crippen molar-refractivity contribution in [2.45, 2.75) is 37.8 Å². The van der Waals surface area contributed by atoms with Gasteiger partial charge >= 0.3 is 6.03 Å². The van der Waals surface area contributed by atoms with Gasteiger partial charge in [0.1, 0.15) is 5.69 Å². The maximum absolute atomic E-state index is 13.2. The highest BCUT2D eigenvalue weighted by Gasteiger charge is 2.44. The second-order valence-electron chi connectivity index (χ2n) is 10.1. The normalized spacial score (nSPS) is 24.9. The van der Waals surface area contributed by atoms with Gasteiger partial charge in [-0.1, -0.05) is 24.3 Å². The van der Waals surface area contributed by atoms with E-state index in [4.69, 9.17) is 0 Å². The standard InChI is InChI=1S/C26H31N7O2S/c1-31-21-4-2-3-5-22(21)33(25(31)35)24-30-19(17-36-24)23(34)29-18-16-28-11-6-20(18)32-14-9-26(10-15-32)7-12-27-13-8-26/h2-6,11,16-17,21-22,27H,7-10,12-15H2,1H3,(H,29,34). The molecule has 2 N–H and O–H groups in total. The molecule has 0 bridgehead atoms. The lowest BCUT2D eigenvalue weighted by Gasteiger charge is -2.45.